The standard InChI is InChI=1S/C14H24ClNOSi/c1-13(2,3)18-17-14(4,5)11-8-10(9-16)6-7-12(11)15/h6-8H,9,16,18H2,1-5H3. The fraction of sp³-hybridized carbons (Fsp3) is 0.571. The minimum absolute atomic E-state index is 0.273. The number of halogens is 1. The quantitative estimate of drug-likeness (QED) is 0.861. The second kappa shape index (κ2) is 5.74. The predicted molar refractivity (Wildman–Crippen MR) is 81.7 cm³/mol. The molecule has 0 saturated heterocycles. The average Bonchev–Trinajstić information content (AvgIpc) is 2.26. The van der Waals surface area contributed by atoms with Gasteiger partial charge < -0.3 is 10.2 Å². The molecule has 102 valence electrons. The average molecular weight is 286 g/mol. The molecule has 2 nitrogen and oxygen atoms in total. The van der Waals surface area contributed by atoms with Crippen molar-refractivity contribution in [2.24, 2.45) is 5.73 Å². The van der Waals surface area contributed by atoms with Gasteiger partial charge in [0.25, 0.3) is 0 Å². The molecule has 4 heteroatoms. The predicted octanol–water partition coefficient (Wildman–Crippen LogP) is 3.35. The molecule has 0 fully saturated rings. The van der Waals surface area contributed by atoms with Crippen LogP contribution in [0.1, 0.15) is 45.7 Å². The SMILES string of the molecule is CC(C)(C)[SiH2]OC(C)(C)c1cc(CN)ccc1Cl. The van der Waals surface area contributed by atoms with E-state index in [4.69, 9.17) is 21.8 Å². The molecular formula is C14H24ClNOSi. The largest absolute Gasteiger partial charge is 0.414 e. The van der Waals surface area contributed by atoms with Crippen molar-refractivity contribution in [2.75, 3.05) is 0 Å². The summed E-state index contributed by atoms with van der Waals surface area (Å²) < 4.78 is 6.17. The molecule has 2 N–H and O–H groups in total. The molecule has 0 heterocycles. The van der Waals surface area contributed by atoms with Crippen LogP contribution in [-0.4, -0.2) is 9.76 Å². The van der Waals surface area contributed by atoms with Gasteiger partial charge in [0.05, 0.1) is 5.60 Å². The highest BCUT2D eigenvalue weighted by Gasteiger charge is 2.26. The van der Waals surface area contributed by atoms with Crippen LogP contribution in [0.2, 0.25) is 10.1 Å². The first-order valence-electron chi connectivity index (χ1n) is 6.29. The Morgan fingerprint density at radius 2 is 1.83 bits per heavy atom. The Balaban J connectivity index is 2.96. The summed E-state index contributed by atoms with van der Waals surface area (Å²) in [5.41, 5.74) is 7.45. The van der Waals surface area contributed by atoms with Gasteiger partial charge >= 0.3 is 0 Å². The van der Waals surface area contributed by atoms with Crippen LogP contribution >= 0.6 is 11.6 Å². The number of benzene rings is 1. The lowest BCUT2D eigenvalue weighted by Crippen LogP contribution is -2.28. The summed E-state index contributed by atoms with van der Waals surface area (Å²) in [6.07, 6.45) is 0. The topological polar surface area (TPSA) is 35.2 Å². The van der Waals surface area contributed by atoms with E-state index in [2.05, 4.69) is 40.7 Å². The lowest BCUT2D eigenvalue weighted by Gasteiger charge is -2.31. The van der Waals surface area contributed by atoms with Crippen LogP contribution in [0.5, 0.6) is 0 Å². The molecule has 0 aromatic heterocycles. The van der Waals surface area contributed by atoms with Gasteiger partial charge in [-0.15, -0.1) is 0 Å². The van der Waals surface area contributed by atoms with Crippen molar-refractivity contribution in [3.05, 3.63) is 34.3 Å². The molecule has 0 aliphatic carbocycles. The van der Waals surface area contributed by atoms with Gasteiger partial charge in [0.2, 0.25) is 0 Å². The Bertz CT molecular complexity index is 413. The zero-order chi connectivity index (χ0) is 14.0. The highest BCUT2D eigenvalue weighted by Crippen LogP contribution is 2.33. The first-order chi connectivity index (χ1) is 8.15. The summed E-state index contributed by atoms with van der Waals surface area (Å²) in [5.74, 6) is 0. The van der Waals surface area contributed by atoms with E-state index in [1.54, 1.807) is 0 Å². The molecule has 0 spiro atoms. The lowest BCUT2D eigenvalue weighted by molar-refractivity contribution is 0.109. The van der Waals surface area contributed by atoms with Crippen LogP contribution < -0.4 is 5.73 Å². The van der Waals surface area contributed by atoms with E-state index in [0.717, 1.165) is 16.1 Å². The molecule has 0 unspecified atom stereocenters. The van der Waals surface area contributed by atoms with Crippen molar-refractivity contribution in [3.63, 3.8) is 0 Å². The van der Waals surface area contributed by atoms with E-state index in [1.165, 1.54) is 0 Å². The highest BCUT2D eigenvalue weighted by molar-refractivity contribution is 6.32. The van der Waals surface area contributed by atoms with Crippen molar-refractivity contribution in [3.8, 4) is 0 Å². The van der Waals surface area contributed by atoms with E-state index in [1.807, 2.05) is 12.1 Å². The molecule has 0 aliphatic heterocycles. The smallest absolute Gasteiger partial charge is 0.168 e. The Morgan fingerprint density at radius 3 is 2.33 bits per heavy atom. The molecule has 18 heavy (non-hydrogen) atoms. The number of hydrogen-bond donors (Lipinski definition) is 1. The van der Waals surface area contributed by atoms with Crippen LogP contribution in [0, 0.1) is 0 Å². The van der Waals surface area contributed by atoms with Gasteiger partial charge in [0, 0.05) is 17.1 Å². The van der Waals surface area contributed by atoms with Crippen molar-refractivity contribution in [2.45, 2.75) is 51.8 Å². The van der Waals surface area contributed by atoms with Gasteiger partial charge in [-0.05, 0) is 30.5 Å². The lowest BCUT2D eigenvalue weighted by atomic mass is 9.96. The molecular weight excluding hydrogens is 262 g/mol. The summed E-state index contributed by atoms with van der Waals surface area (Å²) in [5, 5.41) is 1.02. The molecule has 0 bridgehead atoms. The van der Waals surface area contributed by atoms with Gasteiger partial charge in [-0.3, -0.25) is 0 Å². The fourth-order valence-electron chi connectivity index (χ4n) is 1.64. The molecule has 0 atom stereocenters. The maximum atomic E-state index is 6.28. The van der Waals surface area contributed by atoms with Gasteiger partial charge in [-0.1, -0.05) is 44.5 Å². The van der Waals surface area contributed by atoms with Gasteiger partial charge in [0.15, 0.2) is 9.76 Å². The van der Waals surface area contributed by atoms with Crippen LogP contribution in [0.25, 0.3) is 0 Å². The van der Waals surface area contributed by atoms with Crippen LogP contribution in [0.15, 0.2) is 18.2 Å². The zero-order valence-corrected chi connectivity index (χ0v) is 14.2. The number of hydrogen-bond acceptors (Lipinski definition) is 2. The minimum atomic E-state index is -0.623. The molecule has 1 aromatic carbocycles. The molecule has 1 rings (SSSR count). The fourth-order valence-corrected chi connectivity index (χ4v) is 2.93. The highest BCUT2D eigenvalue weighted by atomic mass is 35.5. The van der Waals surface area contributed by atoms with Crippen molar-refractivity contribution in [1.29, 1.82) is 0 Å². The first kappa shape index (κ1) is 15.7. The third-order valence-electron chi connectivity index (χ3n) is 2.78. The molecule has 0 amide bonds. The second-order valence-corrected chi connectivity index (χ2v) is 9.48. The van der Waals surface area contributed by atoms with Gasteiger partial charge in [0.1, 0.15) is 0 Å². The number of nitrogens with two attached hydrogens (primary N) is 1. The maximum Gasteiger partial charge on any atom is 0.168 e. The monoisotopic (exact) mass is 285 g/mol. The molecule has 0 aliphatic rings. The van der Waals surface area contributed by atoms with Crippen molar-refractivity contribution in [1.82, 2.24) is 0 Å². The Morgan fingerprint density at radius 1 is 1.22 bits per heavy atom. The van der Waals surface area contributed by atoms with E-state index < -0.39 is 9.76 Å². The first-order valence-corrected chi connectivity index (χ1v) is 7.95. The van der Waals surface area contributed by atoms with E-state index in [0.29, 0.717) is 6.54 Å². The van der Waals surface area contributed by atoms with Crippen LogP contribution in [0.3, 0.4) is 0 Å². The minimum Gasteiger partial charge on any atom is -0.414 e. The second-order valence-electron chi connectivity index (χ2n) is 6.38. The van der Waals surface area contributed by atoms with Crippen LogP contribution in [-0.2, 0) is 16.6 Å². The molecule has 0 radical (unpaired) electrons. The van der Waals surface area contributed by atoms with Crippen molar-refractivity contribution >= 4 is 21.4 Å². The molecule has 0 saturated carbocycles. The summed E-state index contributed by atoms with van der Waals surface area (Å²) in [6, 6.07) is 5.92. The Hall–Kier alpha value is -0.353. The third-order valence-corrected chi connectivity index (χ3v) is 4.84. The van der Waals surface area contributed by atoms with Crippen molar-refractivity contribution < 1.29 is 4.43 Å². The van der Waals surface area contributed by atoms with E-state index in [-0.39, 0.29) is 10.6 Å². The van der Waals surface area contributed by atoms with E-state index >= 15 is 0 Å². The maximum absolute atomic E-state index is 6.28. The summed E-state index contributed by atoms with van der Waals surface area (Å²) in [6.45, 7) is 11.3. The number of rotatable bonds is 4. The van der Waals surface area contributed by atoms with Crippen LogP contribution in [0.4, 0.5) is 0 Å². The summed E-state index contributed by atoms with van der Waals surface area (Å²) in [4.78, 5) is 0. The van der Waals surface area contributed by atoms with E-state index in [9.17, 15) is 0 Å². The normalized spacial score (nSPS) is 13.5. The molecule has 1 aromatic rings. The van der Waals surface area contributed by atoms with Gasteiger partial charge in [-0.25, -0.2) is 0 Å². The summed E-state index contributed by atoms with van der Waals surface area (Å²) >= 11 is 6.28. The third kappa shape index (κ3) is 4.39. The Kier molecular flexibility index (Phi) is 5.01. The summed E-state index contributed by atoms with van der Waals surface area (Å²) in [7, 11) is -0.623. The van der Waals surface area contributed by atoms with Gasteiger partial charge in [-0.2, -0.15) is 0 Å². The Labute approximate surface area is 118 Å². The zero-order valence-electron chi connectivity index (χ0n) is 12.0.